The van der Waals surface area contributed by atoms with Gasteiger partial charge in [0.25, 0.3) is 0 Å². The van der Waals surface area contributed by atoms with Crippen molar-refractivity contribution in [1.29, 1.82) is 0 Å². The van der Waals surface area contributed by atoms with Crippen LogP contribution in [0.5, 0.6) is 0 Å². The molecule has 0 aliphatic heterocycles. The molecule has 0 saturated carbocycles. The molecular formula is C17H20BrN3O3S2. The molecule has 9 heteroatoms. The first-order valence-electron chi connectivity index (χ1n) is 7.82. The van der Waals surface area contributed by atoms with Gasteiger partial charge in [-0.15, -0.1) is 0 Å². The number of pyridine rings is 1. The van der Waals surface area contributed by atoms with Crippen molar-refractivity contribution in [2.45, 2.75) is 24.3 Å². The van der Waals surface area contributed by atoms with Crippen LogP contribution in [0.25, 0.3) is 0 Å². The third kappa shape index (κ3) is 6.08. The number of nitrogens with zero attached hydrogens (tertiary/aromatic N) is 1. The number of hydrogen-bond donors (Lipinski definition) is 2. The molecule has 0 saturated heterocycles. The first-order chi connectivity index (χ1) is 12.3. The van der Waals surface area contributed by atoms with Crippen molar-refractivity contribution in [3.8, 4) is 0 Å². The lowest BCUT2D eigenvalue weighted by molar-refractivity contribution is -0.117. The van der Waals surface area contributed by atoms with E-state index in [-0.39, 0.29) is 4.90 Å². The molecule has 2 aromatic rings. The predicted molar refractivity (Wildman–Crippen MR) is 109 cm³/mol. The molecule has 0 unspecified atom stereocenters. The highest BCUT2D eigenvalue weighted by Crippen LogP contribution is 2.16. The number of benzene rings is 1. The Morgan fingerprint density at radius 1 is 1.27 bits per heavy atom. The molecule has 0 bridgehead atoms. The van der Waals surface area contributed by atoms with Crippen molar-refractivity contribution < 1.29 is 13.2 Å². The van der Waals surface area contributed by atoms with Crippen LogP contribution in [0, 0.1) is 6.92 Å². The Morgan fingerprint density at radius 3 is 2.58 bits per heavy atom. The summed E-state index contributed by atoms with van der Waals surface area (Å²) in [5.74, 6) is 0.604. The van der Waals surface area contributed by atoms with Crippen molar-refractivity contribution in [1.82, 2.24) is 9.71 Å². The van der Waals surface area contributed by atoms with Crippen LogP contribution >= 0.6 is 27.7 Å². The summed E-state index contributed by atoms with van der Waals surface area (Å²) in [5.41, 5.74) is 0.950. The highest BCUT2D eigenvalue weighted by Gasteiger charge is 2.25. The normalized spacial score (nSPS) is 12.6. The van der Waals surface area contributed by atoms with Crippen LogP contribution < -0.4 is 10.0 Å². The molecule has 0 radical (unpaired) electrons. The van der Waals surface area contributed by atoms with E-state index in [4.69, 9.17) is 0 Å². The number of anilines is 1. The fourth-order valence-corrected chi connectivity index (χ4v) is 4.13. The summed E-state index contributed by atoms with van der Waals surface area (Å²) in [7, 11) is -3.81. The molecule has 2 N–H and O–H groups in total. The highest BCUT2D eigenvalue weighted by molar-refractivity contribution is 9.10. The quantitative estimate of drug-likeness (QED) is 0.635. The van der Waals surface area contributed by atoms with Gasteiger partial charge in [0.15, 0.2) is 0 Å². The van der Waals surface area contributed by atoms with Crippen LogP contribution in [0.2, 0.25) is 0 Å². The molecule has 1 amide bonds. The van der Waals surface area contributed by atoms with Crippen LogP contribution in [0.15, 0.2) is 52.0 Å². The molecule has 26 heavy (non-hydrogen) atoms. The molecule has 1 heterocycles. The van der Waals surface area contributed by atoms with Gasteiger partial charge in [-0.25, -0.2) is 13.4 Å². The molecule has 0 aliphatic carbocycles. The van der Waals surface area contributed by atoms with Crippen molar-refractivity contribution in [3.63, 3.8) is 0 Å². The van der Waals surface area contributed by atoms with Crippen LogP contribution in [0.4, 0.5) is 5.82 Å². The maximum Gasteiger partial charge on any atom is 0.243 e. The molecule has 0 spiro atoms. The molecule has 140 valence electrons. The first kappa shape index (κ1) is 20.9. The topological polar surface area (TPSA) is 88.2 Å². The van der Waals surface area contributed by atoms with Crippen molar-refractivity contribution in [2.75, 3.05) is 17.3 Å². The Hall–Kier alpha value is -1.42. The van der Waals surface area contributed by atoms with Crippen LogP contribution in [0.1, 0.15) is 12.0 Å². The van der Waals surface area contributed by atoms with Gasteiger partial charge in [-0.05, 0) is 67.3 Å². The van der Waals surface area contributed by atoms with Gasteiger partial charge >= 0.3 is 0 Å². The number of sulfonamides is 1. The number of hydrogen-bond acceptors (Lipinski definition) is 5. The maximum atomic E-state index is 12.6. The molecule has 2 rings (SSSR count). The Morgan fingerprint density at radius 2 is 1.96 bits per heavy atom. The van der Waals surface area contributed by atoms with Gasteiger partial charge in [-0.1, -0.05) is 15.9 Å². The van der Waals surface area contributed by atoms with E-state index < -0.39 is 22.0 Å². The summed E-state index contributed by atoms with van der Waals surface area (Å²) in [6.07, 6.45) is 3.86. The number of carbonyl (C=O) groups excluding carboxylic acids is 1. The lowest BCUT2D eigenvalue weighted by Crippen LogP contribution is -2.44. The van der Waals surface area contributed by atoms with Gasteiger partial charge in [0.2, 0.25) is 15.9 Å². The Balaban J connectivity index is 2.17. The van der Waals surface area contributed by atoms with Crippen molar-refractivity contribution in [3.05, 3.63) is 52.6 Å². The van der Waals surface area contributed by atoms with E-state index in [1.54, 1.807) is 36.2 Å². The van der Waals surface area contributed by atoms with E-state index in [0.29, 0.717) is 18.0 Å². The molecule has 1 atom stereocenters. The molecule has 0 fully saturated rings. The van der Waals surface area contributed by atoms with Crippen molar-refractivity contribution >= 4 is 49.4 Å². The smallest absolute Gasteiger partial charge is 0.243 e. The van der Waals surface area contributed by atoms with Gasteiger partial charge in [-0.3, -0.25) is 4.79 Å². The number of thioether (sulfide) groups is 1. The van der Waals surface area contributed by atoms with E-state index in [1.165, 1.54) is 12.1 Å². The van der Waals surface area contributed by atoms with Gasteiger partial charge in [0.05, 0.1) is 4.90 Å². The number of aryl methyl sites for hydroxylation is 1. The largest absolute Gasteiger partial charge is 0.309 e. The number of nitrogens with one attached hydrogen (secondary N) is 2. The van der Waals surface area contributed by atoms with Gasteiger partial charge in [0.1, 0.15) is 11.9 Å². The average Bonchev–Trinajstić information content (AvgIpc) is 2.59. The van der Waals surface area contributed by atoms with Gasteiger partial charge in [0, 0.05) is 10.7 Å². The second-order valence-corrected chi connectivity index (χ2v) is 9.23. The third-order valence-electron chi connectivity index (χ3n) is 3.52. The zero-order valence-corrected chi connectivity index (χ0v) is 17.6. The number of halogens is 1. The number of rotatable bonds is 8. The fourth-order valence-electron chi connectivity index (χ4n) is 2.17. The Kier molecular flexibility index (Phi) is 7.63. The summed E-state index contributed by atoms with van der Waals surface area (Å²) < 4.78 is 28.5. The standard InChI is InChI=1S/C17H20BrN3O3S2/c1-12-7-9-19-16(11-12)20-17(22)15(8-10-25-2)21-26(23,24)14-5-3-13(18)4-6-14/h3-7,9,11,15,21H,8,10H2,1-2H3,(H,19,20,22)/t15-/m1/s1. The SMILES string of the molecule is CSCC[C@@H](NS(=O)(=O)c1ccc(Br)cc1)C(=O)Nc1cc(C)ccn1. The number of carbonyl (C=O) groups is 1. The summed E-state index contributed by atoms with van der Waals surface area (Å²) in [6, 6.07) is 8.91. The summed E-state index contributed by atoms with van der Waals surface area (Å²) in [4.78, 5) is 16.8. The number of amides is 1. The lowest BCUT2D eigenvalue weighted by atomic mass is 10.2. The lowest BCUT2D eigenvalue weighted by Gasteiger charge is -2.18. The van der Waals surface area contributed by atoms with Crippen LogP contribution in [-0.4, -0.2) is 37.4 Å². The third-order valence-corrected chi connectivity index (χ3v) is 6.18. The molecule has 1 aromatic carbocycles. The second-order valence-electron chi connectivity index (χ2n) is 5.62. The Labute approximate surface area is 166 Å². The molecule has 1 aromatic heterocycles. The number of aromatic nitrogens is 1. The zero-order chi connectivity index (χ0) is 19.2. The van der Waals surface area contributed by atoms with Crippen molar-refractivity contribution in [2.24, 2.45) is 0 Å². The zero-order valence-electron chi connectivity index (χ0n) is 14.4. The molecule has 6 nitrogen and oxygen atoms in total. The minimum absolute atomic E-state index is 0.108. The monoisotopic (exact) mass is 457 g/mol. The molecular weight excluding hydrogens is 438 g/mol. The Bertz CT molecular complexity index is 858. The van der Waals surface area contributed by atoms with E-state index in [2.05, 4.69) is 31.0 Å². The second kappa shape index (κ2) is 9.50. The van der Waals surface area contributed by atoms with Crippen LogP contribution in [0.3, 0.4) is 0 Å². The minimum Gasteiger partial charge on any atom is -0.309 e. The predicted octanol–water partition coefficient (Wildman–Crippen LogP) is 3.19. The summed E-state index contributed by atoms with van der Waals surface area (Å²) in [6.45, 7) is 1.89. The maximum absolute atomic E-state index is 12.6. The summed E-state index contributed by atoms with van der Waals surface area (Å²) in [5, 5.41) is 2.68. The fraction of sp³-hybridized carbons (Fsp3) is 0.294. The van der Waals surface area contributed by atoms with E-state index >= 15 is 0 Å². The summed E-state index contributed by atoms with van der Waals surface area (Å²) >= 11 is 4.82. The van der Waals surface area contributed by atoms with Gasteiger partial charge < -0.3 is 5.32 Å². The van der Waals surface area contributed by atoms with E-state index in [9.17, 15) is 13.2 Å². The first-order valence-corrected chi connectivity index (χ1v) is 11.5. The average molecular weight is 458 g/mol. The van der Waals surface area contributed by atoms with Gasteiger partial charge in [-0.2, -0.15) is 16.5 Å². The minimum atomic E-state index is -3.81. The highest BCUT2D eigenvalue weighted by atomic mass is 79.9. The van der Waals surface area contributed by atoms with Crippen LogP contribution in [-0.2, 0) is 14.8 Å². The van der Waals surface area contributed by atoms with E-state index in [1.807, 2.05) is 19.2 Å². The molecule has 0 aliphatic rings. The van der Waals surface area contributed by atoms with E-state index in [0.717, 1.165) is 10.0 Å².